The molecule has 1 N–H and O–H groups in total. The molecule has 0 bridgehead atoms. The number of carbonyl (C=O) groups excluding carboxylic acids is 1. The topological polar surface area (TPSA) is 53.7 Å². The Labute approximate surface area is 122 Å². The Bertz CT molecular complexity index is 688. The largest absolute Gasteiger partial charge is 0.451 e. The molecule has 21 heavy (non-hydrogen) atoms. The molecule has 0 radical (unpaired) electrons. The van der Waals surface area contributed by atoms with Crippen LogP contribution in [0.2, 0.25) is 0 Å². The van der Waals surface area contributed by atoms with E-state index in [9.17, 15) is 14.3 Å². The molecule has 1 aromatic carbocycles. The molecule has 1 saturated carbocycles. The monoisotopic (exact) mass is 291 g/mol. The fourth-order valence-corrected chi connectivity index (χ4v) is 2.89. The Morgan fingerprint density at radius 1 is 1.48 bits per heavy atom. The van der Waals surface area contributed by atoms with E-state index in [1.165, 1.54) is 18.2 Å². The Hall–Kier alpha value is -1.88. The van der Waals surface area contributed by atoms with E-state index in [1.54, 1.807) is 18.9 Å². The number of hydrogen-bond acceptors (Lipinski definition) is 3. The van der Waals surface area contributed by atoms with Crippen LogP contribution in [0.25, 0.3) is 11.0 Å². The van der Waals surface area contributed by atoms with Gasteiger partial charge < -0.3 is 14.4 Å². The molecule has 0 atom stereocenters. The number of nitrogens with zero attached hydrogens (tertiary/aromatic N) is 1. The maximum absolute atomic E-state index is 13.3. The summed E-state index contributed by atoms with van der Waals surface area (Å²) >= 11 is 0. The van der Waals surface area contributed by atoms with Gasteiger partial charge in [-0.2, -0.15) is 0 Å². The fourth-order valence-electron chi connectivity index (χ4n) is 2.89. The molecular weight excluding hydrogens is 273 g/mol. The quantitative estimate of drug-likeness (QED) is 0.946. The van der Waals surface area contributed by atoms with E-state index in [0.717, 1.165) is 12.8 Å². The Morgan fingerprint density at radius 3 is 2.86 bits per heavy atom. The molecule has 3 rings (SSSR count). The van der Waals surface area contributed by atoms with Crippen molar-refractivity contribution in [1.29, 1.82) is 0 Å². The number of hydrogen-bond donors (Lipinski definition) is 1. The fraction of sp³-hybridized carbons (Fsp3) is 0.438. The number of rotatable bonds is 3. The third-order valence-electron chi connectivity index (χ3n) is 4.18. The van der Waals surface area contributed by atoms with Crippen LogP contribution in [0.15, 0.2) is 22.6 Å². The second kappa shape index (κ2) is 5.15. The average Bonchev–Trinajstić information content (AvgIpc) is 2.73. The smallest absolute Gasteiger partial charge is 0.289 e. The maximum atomic E-state index is 13.3. The standard InChI is InChI=1S/C16H18FNO3/c1-9-13-7-11(17)3-4-14(13)21-15(9)16(20)18(2)8-10-5-12(19)6-10/h3-4,7,10,12,19H,5-6,8H2,1-2H3. The highest BCUT2D eigenvalue weighted by molar-refractivity contribution is 5.98. The maximum Gasteiger partial charge on any atom is 0.289 e. The third-order valence-corrected chi connectivity index (χ3v) is 4.18. The lowest BCUT2D eigenvalue weighted by atomic mass is 9.82. The highest BCUT2D eigenvalue weighted by Crippen LogP contribution is 2.30. The Balaban J connectivity index is 1.82. The summed E-state index contributed by atoms with van der Waals surface area (Å²) in [6, 6.07) is 4.24. The van der Waals surface area contributed by atoms with Crippen LogP contribution in [0.4, 0.5) is 4.39 Å². The minimum atomic E-state index is -0.345. The van der Waals surface area contributed by atoms with Crippen LogP contribution >= 0.6 is 0 Å². The molecule has 0 spiro atoms. The van der Waals surface area contributed by atoms with Crippen molar-refractivity contribution in [2.24, 2.45) is 5.92 Å². The highest BCUT2D eigenvalue weighted by Gasteiger charge is 2.30. The first-order chi connectivity index (χ1) is 9.95. The highest BCUT2D eigenvalue weighted by atomic mass is 19.1. The molecule has 2 aromatic rings. The van der Waals surface area contributed by atoms with Gasteiger partial charge in [-0.1, -0.05) is 0 Å². The van der Waals surface area contributed by atoms with Crippen molar-refractivity contribution in [3.05, 3.63) is 35.3 Å². The van der Waals surface area contributed by atoms with E-state index in [4.69, 9.17) is 4.42 Å². The van der Waals surface area contributed by atoms with Gasteiger partial charge in [-0.15, -0.1) is 0 Å². The number of amides is 1. The molecule has 1 amide bonds. The van der Waals surface area contributed by atoms with Crippen molar-refractivity contribution in [2.75, 3.05) is 13.6 Å². The normalized spacial score (nSPS) is 21.3. The van der Waals surface area contributed by atoms with Gasteiger partial charge in [0.1, 0.15) is 11.4 Å². The average molecular weight is 291 g/mol. The summed E-state index contributed by atoms with van der Waals surface area (Å²) in [6.45, 7) is 2.36. The number of fused-ring (bicyclic) bond motifs is 1. The lowest BCUT2D eigenvalue weighted by Gasteiger charge is -2.34. The third kappa shape index (κ3) is 2.53. The molecule has 1 fully saturated rings. The van der Waals surface area contributed by atoms with Crippen molar-refractivity contribution in [3.8, 4) is 0 Å². The number of halogens is 1. The van der Waals surface area contributed by atoms with Crippen LogP contribution in [0.5, 0.6) is 0 Å². The van der Waals surface area contributed by atoms with E-state index >= 15 is 0 Å². The van der Waals surface area contributed by atoms with Crippen LogP contribution in [0.3, 0.4) is 0 Å². The van der Waals surface area contributed by atoms with Crippen LogP contribution in [-0.4, -0.2) is 35.6 Å². The zero-order chi connectivity index (χ0) is 15.1. The van der Waals surface area contributed by atoms with Gasteiger partial charge in [0, 0.05) is 24.5 Å². The molecule has 0 saturated heterocycles. The molecule has 0 unspecified atom stereocenters. The number of carbonyl (C=O) groups is 1. The van der Waals surface area contributed by atoms with Crippen LogP contribution in [0, 0.1) is 18.7 Å². The second-order valence-corrected chi connectivity index (χ2v) is 5.87. The van der Waals surface area contributed by atoms with Crippen molar-refractivity contribution in [2.45, 2.75) is 25.9 Å². The van der Waals surface area contributed by atoms with Crippen molar-refractivity contribution in [1.82, 2.24) is 4.90 Å². The summed E-state index contributed by atoms with van der Waals surface area (Å²) in [4.78, 5) is 14.1. The number of aryl methyl sites for hydroxylation is 1. The van der Waals surface area contributed by atoms with Crippen molar-refractivity contribution >= 4 is 16.9 Å². The molecule has 1 aliphatic rings. The SMILES string of the molecule is Cc1c(C(=O)N(C)CC2CC(O)C2)oc2ccc(F)cc12. The summed E-state index contributed by atoms with van der Waals surface area (Å²) in [5, 5.41) is 9.93. The Morgan fingerprint density at radius 2 is 2.19 bits per heavy atom. The number of aliphatic hydroxyl groups is 1. The molecule has 0 aliphatic heterocycles. The van der Waals surface area contributed by atoms with Crippen molar-refractivity contribution in [3.63, 3.8) is 0 Å². The lowest BCUT2D eigenvalue weighted by Crippen LogP contribution is -2.39. The predicted molar refractivity (Wildman–Crippen MR) is 76.6 cm³/mol. The van der Waals surface area contributed by atoms with Gasteiger partial charge >= 0.3 is 0 Å². The van der Waals surface area contributed by atoms with E-state index in [1.807, 2.05) is 0 Å². The molecule has 4 nitrogen and oxygen atoms in total. The van der Waals surface area contributed by atoms with Crippen LogP contribution < -0.4 is 0 Å². The number of aliphatic hydroxyl groups excluding tert-OH is 1. The van der Waals surface area contributed by atoms with Gasteiger partial charge in [0.2, 0.25) is 0 Å². The first-order valence-electron chi connectivity index (χ1n) is 7.08. The molecule has 112 valence electrons. The summed E-state index contributed by atoms with van der Waals surface area (Å²) in [7, 11) is 1.72. The zero-order valence-electron chi connectivity index (χ0n) is 12.1. The van der Waals surface area contributed by atoms with Gasteiger partial charge in [0.05, 0.1) is 6.10 Å². The predicted octanol–water partition coefficient (Wildman–Crippen LogP) is 2.72. The minimum Gasteiger partial charge on any atom is -0.451 e. The van der Waals surface area contributed by atoms with E-state index in [0.29, 0.717) is 29.0 Å². The minimum absolute atomic E-state index is 0.203. The zero-order valence-corrected chi connectivity index (χ0v) is 12.1. The molecule has 1 aromatic heterocycles. The van der Waals surface area contributed by atoms with Gasteiger partial charge in [-0.05, 0) is 43.9 Å². The second-order valence-electron chi connectivity index (χ2n) is 5.87. The number of benzene rings is 1. The molecule has 1 heterocycles. The lowest BCUT2D eigenvalue weighted by molar-refractivity contribution is 0.0258. The first-order valence-corrected chi connectivity index (χ1v) is 7.08. The van der Waals surface area contributed by atoms with E-state index in [-0.39, 0.29) is 23.6 Å². The summed E-state index contributed by atoms with van der Waals surface area (Å²) in [6.07, 6.45) is 1.25. The van der Waals surface area contributed by atoms with Gasteiger partial charge in [0.25, 0.3) is 5.91 Å². The van der Waals surface area contributed by atoms with Gasteiger partial charge in [0.15, 0.2) is 5.76 Å². The van der Waals surface area contributed by atoms with Crippen LogP contribution in [-0.2, 0) is 0 Å². The molecular formula is C16H18FNO3. The summed E-state index contributed by atoms with van der Waals surface area (Å²) < 4.78 is 18.9. The molecule has 5 heteroatoms. The summed E-state index contributed by atoms with van der Waals surface area (Å²) in [5.74, 6) is 0.0572. The number of furan rings is 1. The van der Waals surface area contributed by atoms with Crippen molar-refractivity contribution < 1.29 is 18.7 Å². The van der Waals surface area contributed by atoms with E-state index in [2.05, 4.69) is 0 Å². The van der Waals surface area contributed by atoms with Crippen LogP contribution in [0.1, 0.15) is 29.0 Å². The Kier molecular flexibility index (Phi) is 3.45. The molecule has 1 aliphatic carbocycles. The first kappa shape index (κ1) is 14.1. The summed E-state index contributed by atoms with van der Waals surface area (Å²) in [5.41, 5.74) is 1.18. The van der Waals surface area contributed by atoms with Gasteiger partial charge in [-0.3, -0.25) is 4.79 Å². The van der Waals surface area contributed by atoms with Gasteiger partial charge in [-0.25, -0.2) is 4.39 Å². The van der Waals surface area contributed by atoms with E-state index < -0.39 is 0 Å².